The lowest BCUT2D eigenvalue weighted by Gasteiger charge is -2.14. The summed E-state index contributed by atoms with van der Waals surface area (Å²) >= 11 is 0. The molecular weight excluding hydrogens is 238 g/mol. The fraction of sp³-hybridized carbons (Fsp3) is 0.333. The van der Waals surface area contributed by atoms with Gasteiger partial charge >= 0.3 is 0 Å². The van der Waals surface area contributed by atoms with Crippen molar-refractivity contribution < 1.29 is 4.74 Å². The van der Waals surface area contributed by atoms with Gasteiger partial charge in [0.1, 0.15) is 17.4 Å². The van der Waals surface area contributed by atoms with Crippen molar-refractivity contribution in [2.45, 2.75) is 33.3 Å². The molecule has 2 rings (SSSR count). The van der Waals surface area contributed by atoms with Crippen molar-refractivity contribution >= 4 is 5.82 Å². The van der Waals surface area contributed by atoms with Crippen molar-refractivity contribution in [3.8, 4) is 17.0 Å². The number of hydrogen-bond donors (Lipinski definition) is 1. The summed E-state index contributed by atoms with van der Waals surface area (Å²) in [6.45, 7) is 6.01. The summed E-state index contributed by atoms with van der Waals surface area (Å²) in [6, 6.07) is 9.62. The highest BCUT2D eigenvalue weighted by Crippen LogP contribution is 2.29. The SMILES string of the molecule is CCc1nc(N)cc(-c2ccccc2OC(C)C)n1. The number of nitrogens with zero attached hydrogens (tertiary/aromatic N) is 2. The molecule has 2 N–H and O–H groups in total. The van der Waals surface area contributed by atoms with Crippen LogP contribution < -0.4 is 10.5 Å². The monoisotopic (exact) mass is 257 g/mol. The Balaban J connectivity index is 2.49. The Morgan fingerprint density at radius 1 is 1.21 bits per heavy atom. The van der Waals surface area contributed by atoms with Crippen molar-refractivity contribution in [2.24, 2.45) is 0 Å². The van der Waals surface area contributed by atoms with Crippen LogP contribution in [0.4, 0.5) is 5.82 Å². The van der Waals surface area contributed by atoms with Crippen LogP contribution in [-0.2, 0) is 6.42 Å². The first-order valence-corrected chi connectivity index (χ1v) is 6.49. The molecule has 0 atom stereocenters. The summed E-state index contributed by atoms with van der Waals surface area (Å²) in [5, 5.41) is 0. The first kappa shape index (κ1) is 13.3. The molecule has 1 aromatic heterocycles. The molecule has 1 aromatic carbocycles. The first-order chi connectivity index (χ1) is 9.10. The van der Waals surface area contributed by atoms with Crippen molar-refractivity contribution in [2.75, 3.05) is 5.73 Å². The predicted octanol–water partition coefficient (Wildman–Crippen LogP) is 3.08. The lowest BCUT2D eigenvalue weighted by molar-refractivity contribution is 0.243. The number of aromatic nitrogens is 2. The third kappa shape index (κ3) is 3.22. The maximum Gasteiger partial charge on any atom is 0.131 e. The van der Waals surface area contributed by atoms with E-state index < -0.39 is 0 Å². The lowest BCUT2D eigenvalue weighted by atomic mass is 10.1. The predicted molar refractivity (Wildman–Crippen MR) is 77.0 cm³/mol. The van der Waals surface area contributed by atoms with Gasteiger partial charge in [0, 0.05) is 18.1 Å². The van der Waals surface area contributed by atoms with Crippen LogP contribution in [-0.4, -0.2) is 16.1 Å². The molecule has 0 unspecified atom stereocenters. The molecule has 0 aliphatic heterocycles. The number of para-hydroxylation sites is 1. The second-order valence-electron chi connectivity index (χ2n) is 4.61. The summed E-state index contributed by atoms with van der Waals surface area (Å²) < 4.78 is 5.81. The second-order valence-corrected chi connectivity index (χ2v) is 4.61. The van der Waals surface area contributed by atoms with E-state index in [0.29, 0.717) is 5.82 Å². The molecule has 0 saturated carbocycles. The molecule has 0 radical (unpaired) electrons. The van der Waals surface area contributed by atoms with Crippen LogP contribution in [0.15, 0.2) is 30.3 Å². The van der Waals surface area contributed by atoms with Gasteiger partial charge in [-0.1, -0.05) is 19.1 Å². The van der Waals surface area contributed by atoms with Crippen LogP contribution in [0.3, 0.4) is 0 Å². The Kier molecular flexibility index (Phi) is 4.00. The highest BCUT2D eigenvalue weighted by atomic mass is 16.5. The van der Waals surface area contributed by atoms with Crippen LogP contribution in [0.2, 0.25) is 0 Å². The molecule has 2 aromatic rings. The normalized spacial score (nSPS) is 10.7. The molecule has 0 spiro atoms. The molecule has 0 fully saturated rings. The average Bonchev–Trinajstić information content (AvgIpc) is 2.38. The molecule has 0 amide bonds. The molecule has 1 heterocycles. The molecule has 0 aliphatic rings. The van der Waals surface area contributed by atoms with E-state index in [0.717, 1.165) is 29.3 Å². The topological polar surface area (TPSA) is 61.0 Å². The first-order valence-electron chi connectivity index (χ1n) is 6.49. The van der Waals surface area contributed by atoms with E-state index in [1.165, 1.54) is 0 Å². The third-order valence-corrected chi connectivity index (χ3v) is 2.63. The molecular formula is C15H19N3O. The minimum Gasteiger partial charge on any atom is -0.490 e. The summed E-state index contributed by atoms with van der Waals surface area (Å²) in [5.74, 6) is 2.05. The van der Waals surface area contributed by atoms with E-state index in [9.17, 15) is 0 Å². The molecule has 0 saturated heterocycles. The number of rotatable bonds is 4. The Morgan fingerprint density at radius 3 is 2.63 bits per heavy atom. The van der Waals surface area contributed by atoms with Crippen molar-refractivity contribution in [1.82, 2.24) is 9.97 Å². The fourth-order valence-electron chi connectivity index (χ4n) is 1.85. The van der Waals surface area contributed by atoms with Crippen molar-refractivity contribution in [1.29, 1.82) is 0 Å². The van der Waals surface area contributed by atoms with Gasteiger partial charge in [-0.25, -0.2) is 9.97 Å². The van der Waals surface area contributed by atoms with E-state index in [1.807, 2.05) is 45.0 Å². The lowest BCUT2D eigenvalue weighted by Crippen LogP contribution is -2.07. The van der Waals surface area contributed by atoms with Crippen molar-refractivity contribution in [3.63, 3.8) is 0 Å². The van der Waals surface area contributed by atoms with Crippen LogP contribution in [0, 0.1) is 0 Å². The maximum atomic E-state index is 5.83. The zero-order chi connectivity index (χ0) is 13.8. The molecule has 4 heteroatoms. The van der Waals surface area contributed by atoms with Gasteiger partial charge < -0.3 is 10.5 Å². The molecule has 100 valence electrons. The zero-order valence-electron chi connectivity index (χ0n) is 11.6. The molecule has 0 bridgehead atoms. The number of aryl methyl sites for hydroxylation is 1. The second kappa shape index (κ2) is 5.69. The number of ether oxygens (including phenoxy) is 1. The van der Waals surface area contributed by atoms with Gasteiger partial charge in [0.2, 0.25) is 0 Å². The van der Waals surface area contributed by atoms with E-state index in [4.69, 9.17) is 10.5 Å². The Morgan fingerprint density at radius 2 is 1.95 bits per heavy atom. The van der Waals surface area contributed by atoms with Gasteiger partial charge in [-0.05, 0) is 26.0 Å². The third-order valence-electron chi connectivity index (χ3n) is 2.63. The van der Waals surface area contributed by atoms with E-state index in [-0.39, 0.29) is 6.10 Å². The Labute approximate surface area is 113 Å². The standard InChI is InChI=1S/C15H19N3O/c1-4-15-17-12(9-14(16)18-15)11-7-5-6-8-13(11)19-10(2)3/h5-10H,4H2,1-3H3,(H2,16,17,18). The summed E-state index contributed by atoms with van der Waals surface area (Å²) in [7, 11) is 0. The number of anilines is 1. The minimum atomic E-state index is 0.117. The van der Waals surface area contributed by atoms with Gasteiger partial charge in [-0.3, -0.25) is 0 Å². The highest BCUT2D eigenvalue weighted by molar-refractivity contribution is 5.68. The molecule has 4 nitrogen and oxygen atoms in total. The number of benzene rings is 1. The van der Waals surface area contributed by atoms with Gasteiger partial charge in [-0.15, -0.1) is 0 Å². The van der Waals surface area contributed by atoms with Gasteiger partial charge in [0.15, 0.2) is 0 Å². The summed E-state index contributed by atoms with van der Waals surface area (Å²) in [5.41, 5.74) is 7.58. The quantitative estimate of drug-likeness (QED) is 0.914. The van der Waals surface area contributed by atoms with Gasteiger partial charge in [-0.2, -0.15) is 0 Å². The highest BCUT2D eigenvalue weighted by Gasteiger charge is 2.10. The average molecular weight is 257 g/mol. The maximum absolute atomic E-state index is 5.83. The van der Waals surface area contributed by atoms with E-state index in [1.54, 1.807) is 6.07 Å². The summed E-state index contributed by atoms with van der Waals surface area (Å²) in [6.07, 6.45) is 0.872. The Hall–Kier alpha value is -2.10. The Bertz CT molecular complexity index is 567. The van der Waals surface area contributed by atoms with Crippen molar-refractivity contribution in [3.05, 3.63) is 36.2 Å². The van der Waals surface area contributed by atoms with Crippen LogP contribution >= 0.6 is 0 Å². The smallest absolute Gasteiger partial charge is 0.131 e. The number of nitrogens with two attached hydrogens (primary N) is 1. The van der Waals surface area contributed by atoms with Gasteiger partial charge in [0.05, 0.1) is 11.8 Å². The molecule has 0 aliphatic carbocycles. The van der Waals surface area contributed by atoms with Crippen LogP contribution in [0.5, 0.6) is 5.75 Å². The largest absolute Gasteiger partial charge is 0.490 e. The minimum absolute atomic E-state index is 0.117. The number of nitrogen functional groups attached to an aromatic ring is 1. The van der Waals surface area contributed by atoms with Crippen LogP contribution in [0.1, 0.15) is 26.6 Å². The zero-order valence-corrected chi connectivity index (χ0v) is 11.6. The van der Waals surface area contributed by atoms with E-state index in [2.05, 4.69) is 9.97 Å². The van der Waals surface area contributed by atoms with E-state index >= 15 is 0 Å². The fourth-order valence-corrected chi connectivity index (χ4v) is 1.85. The van der Waals surface area contributed by atoms with Crippen LogP contribution in [0.25, 0.3) is 11.3 Å². The number of hydrogen-bond acceptors (Lipinski definition) is 4. The van der Waals surface area contributed by atoms with Gasteiger partial charge in [0.25, 0.3) is 0 Å². The summed E-state index contributed by atoms with van der Waals surface area (Å²) in [4.78, 5) is 8.71. The molecule has 19 heavy (non-hydrogen) atoms.